The summed E-state index contributed by atoms with van der Waals surface area (Å²) in [5, 5.41) is 11.1. The molecule has 0 radical (unpaired) electrons. The van der Waals surface area contributed by atoms with E-state index in [0.29, 0.717) is 12.5 Å². The van der Waals surface area contributed by atoms with Crippen LogP contribution < -0.4 is 0 Å². The standard InChI is InChI=1S/C20H24N2O7/c1-28-19(24)14-9-15(11-16(10-14)22(26)27)20(25)29-12-18(23)21-8-4-6-13-5-2-3-7-17(13)21/h9-11,13,17H,2-8,12H2,1H3/t13-,17-/m1/s1. The smallest absolute Gasteiger partial charge is 0.338 e. The molecule has 3 rings (SSSR count). The van der Waals surface area contributed by atoms with Crippen LogP contribution in [0.3, 0.4) is 0 Å². The summed E-state index contributed by atoms with van der Waals surface area (Å²) >= 11 is 0. The quantitative estimate of drug-likeness (QED) is 0.421. The number of ether oxygens (including phenoxy) is 2. The van der Waals surface area contributed by atoms with Gasteiger partial charge in [0.25, 0.3) is 11.6 Å². The lowest BCUT2D eigenvalue weighted by Crippen LogP contribution is -2.50. The summed E-state index contributed by atoms with van der Waals surface area (Å²) in [5.41, 5.74) is -0.755. The fourth-order valence-corrected chi connectivity index (χ4v) is 4.30. The highest BCUT2D eigenvalue weighted by Crippen LogP contribution is 2.35. The summed E-state index contributed by atoms with van der Waals surface area (Å²) in [6.07, 6.45) is 6.44. The van der Waals surface area contributed by atoms with Crippen molar-refractivity contribution in [2.45, 2.75) is 44.6 Å². The van der Waals surface area contributed by atoms with Gasteiger partial charge in [-0.2, -0.15) is 0 Å². The number of amides is 1. The van der Waals surface area contributed by atoms with Crippen molar-refractivity contribution >= 4 is 23.5 Å². The Bertz CT molecular complexity index is 821. The molecule has 0 aromatic heterocycles. The molecule has 156 valence electrons. The van der Waals surface area contributed by atoms with Gasteiger partial charge in [0.2, 0.25) is 0 Å². The number of esters is 2. The lowest BCUT2D eigenvalue weighted by molar-refractivity contribution is -0.384. The average molecular weight is 404 g/mol. The summed E-state index contributed by atoms with van der Waals surface area (Å²) in [6.45, 7) is 0.221. The molecule has 1 saturated carbocycles. The molecule has 0 N–H and O–H groups in total. The van der Waals surface area contributed by atoms with Gasteiger partial charge in [-0.3, -0.25) is 14.9 Å². The van der Waals surface area contributed by atoms with Gasteiger partial charge in [0, 0.05) is 24.7 Å². The van der Waals surface area contributed by atoms with Crippen LogP contribution in [0.15, 0.2) is 18.2 Å². The second-order valence-electron chi connectivity index (χ2n) is 7.43. The Morgan fingerprint density at radius 3 is 2.41 bits per heavy atom. The SMILES string of the molecule is COC(=O)c1cc(C(=O)OCC(=O)N2CCC[C@H]3CCCC[C@H]32)cc([N+](=O)[O-])c1. The van der Waals surface area contributed by atoms with Gasteiger partial charge in [0.15, 0.2) is 6.61 Å². The number of likely N-dealkylation sites (tertiary alicyclic amines) is 1. The minimum atomic E-state index is -0.899. The molecule has 1 saturated heterocycles. The highest BCUT2D eigenvalue weighted by atomic mass is 16.6. The zero-order valence-corrected chi connectivity index (χ0v) is 16.3. The summed E-state index contributed by atoms with van der Waals surface area (Å²) in [5.74, 6) is -1.45. The number of hydrogen-bond donors (Lipinski definition) is 0. The first-order valence-electron chi connectivity index (χ1n) is 9.75. The minimum absolute atomic E-state index is 0.138. The third kappa shape index (κ3) is 4.72. The van der Waals surface area contributed by atoms with Gasteiger partial charge in [0.05, 0.1) is 23.2 Å². The predicted molar refractivity (Wildman–Crippen MR) is 101 cm³/mol. The van der Waals surface area contributed by atoms with Crippen molar-refractivity contribution in [3.05, 3.63) is 39.4 Å². The van der Waals surface area contributed by atoms with Gasteiger partial charge in [-0.1, -0.05) is 12.8 Å². The number of methoxy groups -OCH3 is 1. The Labute approximate surface area is 168 Å². The van der Waals surface area contributed by atoms with Crippen molar-refractivity contribution in [1.29, 1.82) is 0 Å². The van der Waals surface area contributed by atoms with Crippen LogP contribution in [-0.2, 0) is 14.3 Å². The van der Waals surface area contributed by atoms with Gasteiger partial charge in [-0.15, -0.1) is 0 Å². The van der Waals surface area contributed by atoms with E-state index < -0.39 is 29.2 Å². The zero-order chi connectivity index (χ0) is 21.0. The maximum Gasteiger partial charge on any atom is 0.338 e. The molecular formula is C20H24N2O7. The number of rotatable bonds is 5. The Hall–Kier alpha value is -2.97. The van der Waals surface area contributed by atoms with E-state index in [1.54, 1.807) is 0 Å². The summed E-state index contributed by atoms with van der Waals surface area (Å²) < 4.78 is 9.68. The van der Waals surface area contributed by atoms with Crippen molar-refractivity contribution < 1.29 is 28.8 Å². The molecule has 9 nitrogen and oxygen atoms in total. The van der Waals surface area contributed by atoms with Gasteiger partial charge >= 0.3 is 11.9 Å². The lowest BCUT2D eigenvalue weighted by atomic mass is 9.78. The largest absolute Gasteiger partial charge is 0.465 e. The van der Waals surface area contributed by atoms with Crippen molar-refractivity contribution in [3.63, 3.8) is 0 Å². The van der Waals surface area contributed by atoms with Crippen LogP contribution in [0, 0.1) is 16.0 Å². The van der Waals surface area contributed by atoms with Crippen LogP contribution in [0.5, 0.6) is 0 Å². The number of non-ortho nitro benzene ring substituents is 1. The third-order valence-corrected chi connectivity index (χ3v) is 5.68. The molecular weight excluding hydrogens is 380 g/mol. The maximum atomic E-state index is 12.7. The molecule has 0 spiro atoms. The number of nitro benzene ring substituents is 1. The van der Waals surface area contributed by atoms with E-state index in [-0.39, 0.29) is 23.1 Å². The van der Waals surface area contributed by atoms with Crippen LogP contribution in [0.2, 0.25) is 0 Å². The van der Waals surface area contributed by atoms with Crippen LogP contribution in [0.4, 0.5) is 5.69 Å². The lowest BCUT2D eigenvalue weighted by Gasteiger charge is -2.44. The molecule has 2 fully saturated rings. The van der Waals surface area contributed by atoms with E-state index in [1.807, 2.05) is 4.90 Å². The number of nitro groups is 1. The molecule has 1 aliphatic heterocycles. The Morgan fingerprint density at radius 1 is 1.07 bits per heavy atom. The number of nitrogens with zero attached hydrogens (tertiary/aromatic N) is 2. The van der Waals surface area contributed by atoms with Gasteiger partial charge in [-0.05, 0) is 37.7 Å². The third-order valence-electron chi connectivity index (χ3n) is 5.68. The molecule has 2 atom stereocenters. The molecule has 0 unspecified atom stereocenters. The van der Waals surface area contributed by atoms with Crippen LogP contribution in [0.1, 0.15) is 59.2 Å². The predicted octanol–water partition coefficient (Wildman–Crippen LogP) is 2.72. The average Bonchev–Trinajstić information content (AvgIpc) is 2.75. The van der Waals surface area contributed by atoms with E-state index >= 15 is 0 Å². The Balaban J connectivity index is 1.68. The van der Waals surface area contributed by atoms with Crippen molar-refractivity contribution in [2.75, 3.05) is 20.3 Å². The van der Waals surface area contributed by atoms with Crippen molar-refractivity contribution in [2.24, 2.45) is 5.92 Å². The summed E-state index contributed by atoms with van der Waals surface area (Å²) in [6, 6.07) is 3.39. The van der Waals surface area contributed by atoms with Gasteiger partial charge < -0.3 is 14.4 Å². The van der Waals surface area contributed by atoms with E-state index in [2.05, 4.69) is 4.74 Å². The van der Waals surface area contributed by atoms with Gasteiger partial charge in [-0.25, -0.2) is 9.59 Å². The first kappa shape index (κ1) is 20.8. The normalized spacial score (nSPS) is 21.1. The highest BCUT2D eigenvalue weighted by Gasteiger charge is 2.35. The zero-order valence-electron chi connectivity index (χ0n) is 16.3. The number of hydrogen-bond acceptors (Lipinski definition) is 7. The number of carbonyl (C=O) groups excluding carboxylic acids is 3. The molecule has 9 heteroatoms. The molecule has 1 aliphatic carbocycles. The monoisotopic (exact) mass is 404 g/mol. The highest BCUT2D eigenvalue weighted by molar-refractivity contribution is 5.97. The summed E-state index contributed by atoms with van der Waals surface area (Å²) in [7, 11) is 1.13. The minimum Gasteiger partial charge on any atom is -0.465 e. The van der Waals surface area contributed by atoms with E-state index in [4.69, 9.17) is 4.74 Å². The van der Waals surface area contributed by atoms with E-state index in [1.165, 1.54) is 6.42 Å². The fraction of sp³-hybridized carbons (Fsp3) is 0.550. The fourth-order valence-electron chi connectivity index (χ4n) is 4.30. The van der Waals surface area contributed by atoms with Crippen LogP contribution in [-0.4, -0.2) is 54.0 Å². The number of fused-ring (bicyclic) bond motifs is 1. The number of carbonyl (C=O) groups is 3. The summed E-state index contributed by atoms with van der Waals surface area (Å²) in [4.78, 5) is 48.9. The Morgan fingerprint density at radius 2 is 1.72 bits per heavy atom. The van der Waals surface area contributed by atoms with Crippen molar-refractivity contribution in [3.8, 4) is 0 Å². The molecule has 1 aromatic rings. The van der Waals surface area contributed by atoms with E-state index in [0.717, 1.165) is 57.4 Å². The van der Waals surface area contributed by atoms with Gasteiger partial charge in [0.1, 0.15) is 0 Å². The number of benzene rings is 1. The molecule has 0 bridgehead atoms. The topological polar surface area (TPSA) is 116 Å². The molecule has 1 amide bonds. The molecule has 1 aromatic carbocycles. The number of piperidine rings is 1. The second-order valence-corrected chi connectivity index (χ2v) is 7.43. The van der Waals surface area contributed by atoms with Crippen LogP contribution in [0.25, 0.3) is 0 Å². The second kappa shape index (κ2) is 9.02. The van der Waals surface area contributed by atoms with Crippen LogP contribution >= 0.6 is 0 Å². The van der Waals surface area contributed by atoms with E-state index in [9.17, 15) is 24.5 Å². The van der Waals surface area contributed by atoms with Crippen molar-refractivity contribution in [1.82, 2.24) is 4.90 Å². The Kier molecular flexibility index (Phi) is 6.46. The first-order valence-corrected chi connectivity index (χ1v) is 9.75. The molecule has 29 heavy (non-hydrogen) atoms. The molecule has 2 aliphatic rings. The maximum absolute atomic E-state index is 12.7. The molecule has 1 heterocycles. The first-order chi connectivity index (χ1) is 13.9.